The first-order chi connectivity index (χ1) is 14.0. The van der Waals surface area contributed by atoms with Crippen LogP contribution in [-0.4, -0.2) is 17.4 Å². The average Bonchev–Trinajstić information content (AvgIpc) is 3.36. The van der Waals surface area contributed by atoms with Crippen LogP contribution in [0.25, 0.3) is 20.7 Å². The van der Waals surface area contributed by atoms with Gasteiger partial charge in [0.1, 0.15) is 32.9 Å². The Hall–Kier alpha value is -3.41. The standard InChI is InChI=1S/C21H16N4O2S2/c1-2-27-12-7-5-11(6-8-12)18(26)19-17(23)16-15(14-4-3-9-28-14)13(10-22)20(24)25-21(16)29-19/h3-9H,2,23H2,1H3,(H2,24,25). The molecule has 3 heterocycles. The number of thiophene rings is 2. The number of hydrogen-bond acceptors (Lipinski definition) is 8. The number of nitriles is 1. The highest BCUT2D eigenvalue weighted by Gasteiger charge is 2.25. The molecule has 0 spiro atoms. The minimum absolute atomic E-state index is 0.129. The highest BCUT2D eigenvalue weighted by atomic mass is 32.1. The van der Waals surface area contributed by atoms with Crippen molar-refractivity contribution in [3.05, 3.63) is 57.8 Å². The molecular weight excluding hydrogens is 404 g/mol. The average molecular weight is 421 g/mol. The predicted molar refractivity (Wildman–Crippen MR) is 118 cm³/mol. The highest BCUT2D eigenvalue weighted by Crippen LogP contribution is 2.44. The van der Waals surface area contributed by atoms with Gasteiger partial charge in [-0.05, 0) is 42.6 Å². The third kappa shape index (κ3) is 3.20. The molecule has 0 aliphatic carbocycles. The molecule has 3 aromatic heterocycles. The maximum absolute atomic E-state index is 13.1. The van der Waals surface area contributed by atoms with Crippen molar-refractivity contribution >= 4 is 50.2 Å². The second kappa shape index (κ2) is 7.54. The van der Waals surface area contributed by atoms with Gasteiger partial charge >= 0.3 is 0 Å². The lowest BCUT2D eigenvalue weighted by molar-refractivity contribution is 0.104. The Balaban J connectivity index is 1.89. The van der Waals surface area contributed by atoms with E-state index in [1.165, 1.54) is 22.7 Å². The fourth-order valence-electron chi connectivity index (χ4n) is 3.12. The van der Waals surface area contributed by atoms with Crippen LogP contribution < -0.4 is 16.2 Å². The molecule has 0 aliphatic rings. The lowest BCUT2D eigenvalue weighted by atomic mass is 10.0. The van der Waals surface area contributed by atoms with Crippen molar-refractivity contribution in [2.45, 2.75) is 6.92 Å². The number of benzene rings is 1. The molecule has 29 heavy (non-hydrogen) atoms. The molecule has 0 radical (unpaired) electrons. The van der Waals surface area contributed by atoms with Crippen molar-refractivity contribution in [3.63, 3.8) is 0 Å². The van der Waals surface area contributed by atoms with Gasteiger partial charge in [-0.2, -0.15) is 5.26 Å². The summed E-state index contributed by atoms with van der Waals surface area (Å²) < 4.78 is 5.43. The number of fused-ring (bicyclic) bond motifs is 1. The van der Waals surface area contributed by atoms with E-state index in [9.17, 15) is 10.1 Å². The lowest BCUT2D eigenvalue weighted by Crippen LogP contribution is -2.03. The van der Waals surface area contributed by atoms with Crippen LogP contribution in [0.15, 0.2) is 41.8 Å². The van der Waals surface area contributed by atoms with Gasteiger partial charge in [0, 0.05) is 21.4 Å². The Bertz CT molecular complexity index is 1250. The number of ether oxygens (including phenoxy) is 1. The first-order valence-corrected chi connectivity index (χ1v) is 10.5. The number of hydrogen-bond donors (Lipinski definition) is 2. The zero-order valence-corrected chi connectivity index (χ0v) is 17.1. The molecule has 0 unspecified atom stereocenters. The maximum atomic E-state index is 13.1. The van der Waals surface area contributed by atoms with Crippen molar-refractivity contribution in [1.82, 2.24) is 4.98 Å². The van der Waals surface area contributed by atoms with Crippen molar-refractivity contribution in [1.29, 1.82) is 5.26 Å². The van der Waals surface area contributed by atoms with Gasteiger partial charge in [-0.25, -0.2) is 4.98 Å². The topological polar surface area (TPSA) is 115 Å². The van der Waals surface area contributed by atoms with Crippen LogP contribution in [-0.2, 0) is 0 Å². The first-order valence-electron chi connectivity index (χ1n) is 8.78. The highest BCUT2D eigenvalue weighted by molar-refractivity contribution is 7.21. The second-order valence-corrected chi connectivity index (χ2v) is 8.09. The van der Waals surface area contributed by atoms with E-state index in [-0.39, 0.29) is 17.2 Å². The fraction of sp³-hybridized carbons (Fsp3) is 0.0952. The van der Waals surface area contributed by atoms with Crippen LogP contribution >= 0.6 is 22.7 Å². The molecule has 144 valence electrons. The van der Waals surface area contributed by atoms with Crippen molar-refractivity contribution < 1.29 is 9.53 Å². The number of pyridine rings is 1. The smallest absolute Gasteiger partial charge is 0.205 e. The molecule has 0 fully saturated rings. The van der Waals surface area contributed by atoms with Gasteiger partial charge in [-0.1, -0.05) is 6.07 Å². The zero-order valence-electron chi connectivity index (χ0n) is 15.4. The number of nitrogens with zero attached hydrogens (tertiary/aromatic N) is 2. The Kier molecular flexibility index (Phi) is 4.92. The summed E-state index contributed by atoms with van der Waals surface area (Å²) in [5.74, 6) is 0.619. The van der Waals surface area contributed by atoms with Crippen LogP contribution in [0.3, 0.4) is 0 Å². The van der Waals surface area contributed by atoms with Gasteiger partial charge in [0.15, 0.2) is 0 Å². The summed E-state index contributed by atoms with van der Waals surface area (Å²) in [6, 6.07) is 12.8. The van der Waals surface area contributed by atoms with Crippen LogP contribution in [0.4, 0.5) is 11.5 Å². The lowest BCUT2D eigenvalue weighted by Gasteiger charge is -2.07. The second-order valence-electron chi connectivity index (χ2n) is 6.15. The maximum Gasteiger partial charge on any atom is 0.205 e. The molecule has 1 aromatic carbocycles. The van der Waals surface area contributed by atoms with E-state index < -0.39 is 0 Å². The molecule has 8 heteroatoms. The third-order valence-electron chi connectivity index (χ3n) is 4.42. The van der Waals surface area contributed by atoms with E-state index in [0.29, 0.717) is 44.3 Å². The molecule has 4 rings (SSSR count). The minimum Gasteiger partial charge on any atom is -0.494 e. The number of ketones is 1. The third-order valence-corrected chi connectivity index (χ3v) is 6.40. The molecule has 0 amide bonds. The summed E-state index contributed by atoms with van der Waals surface area (Å²) in [4.78, 5) is 19.2. The monoisotopic (exact) mass is 420 g/mol. The van der Waals surface area contributed by atoms with E-state index in [1.54, 1.807) is 24.3 Å². The van der Waals surface area contributed by atoms with Crippen LogP contribution in [0.1, 0.15) is 27.7 Å². The van der Waals surface area contributed by atoms with Crippen molar-refractivity contribution in [3.8, 4) is 22.3 Å². The Morgan fingerprint density at radius 2 is 2.00 bits per heavy atom. The van der Waals surface area contributed by atoms with E-state index in [0.717, 1.165) is 4.88 Å². The quantitative estimate of drug-likeness (QED) is 0.453. The largest absolute Gasteiger partial charge is 0.494 e. The van der Waals surface area contributed by atoms with Crippen molar-refractivity contribution in [2.24, 2.45) is 0 Å². The molecule has 0 saturated heterocycles. The summed E-state index contributed by atoms with van der Waals surface area (Å²) in [7, 11) is 0. The molecule has 4 N–H and O–H groups in total. The van der Waals surface area contributed by atoms with Crippen molar-refractivity contribution in [2.75, 3.05) is 18.1 Å². The SMILES string of the molecule is CCOc1ccc(C(=O)c2sc3nc(N)c(C#N)c(-c4cccs4)c3c2N)cc1. The number of nitrogen functional groups attached to an aromatic ring is 2. The molecule has 0 saturated carbocycles. The van der Waals surface area contributed by atoms with Gasteiger partial charge in [0.05, 0.1) is 12.3 Å². The molecule has 0 aliphatic heterocycles. The van der Waals surface area contributed by atoms with Gasteiger partial charge in [-0.15, -0.1) is 22.7 Å². The molecular formula is C21H16N4O2S2. The Labute approximate surface area is 175 Å². The molecule has 6 nitrogen and oxygen atoms in total. The summed E-state index contributed by atoms with van der Waals surface area (Å²) >= 11 is 2.66. The van der Waals surface area contributed by atoms with Gasteiger partial charge in [0.2, 0.25) is 5.78 Å². The van der Waals surface area contributed by atoms with Gasteiger partial charge < -0.3 is 16.2 Å². The van der Waals surface area contributed by atoms with Crippen LogP contribution in [0, 0.1) is 11.3 Å². The predicted octanol–water partition coefficient (Wildman–Crippen LogP) is 4.69. The summed E-state index contributed by atoms with van der Waals surface area (Å²) in [6.07, 6.45) is 0. The van der Waals surface area contributed by atoms with E-state index in [2.05, 4.69) is 11.1 Å². The summed E-state index contributed by atoms with van der Waals surface area (Å²) in [5, 5.41) is 12.1. The summed E-state index contributed by atoms with van der Waals surface area (Å²) in [5.41, 5.74) is 14.2. The number of carbonyl (C=O) groups excluding carboxylic acids is 1. The normalized spacial score (nSPS) is 10.8. The van der Waals surface area contributed by atoms with Gasteiger partial charge in [0.25, 0.3) is 0 Å². The molecule has 0 bridgehead atoms. The Morgan fingerprint density at radius 1 is 1.24 bits per heavy atom. The zero-order chi connectivity index (χ0) is 20.5. The van der Waals surface area contributed by atoms with E-state index >= 15 is 0 Å². The number of nitrogens with two attached hydrogens (primary N) is 2. The minimum atomic E-state index is -0.206. The Morgan fingerprint density at radius 3 is 2.62 bits per heavy atom. The number of aromatic nitrogens is 1. The summed E-state index contributed by atoms with van der Waals surface area (Å²) in [6.45, 7) is 2.45. The number of anilines is 2. The van der Waals surface area contributed by atoms with Crippen LogP contribution in [0.2, 0.25) is 0 Å². The molecule has 0 atom stereocenters. The molecule has 4 aromatic rings. The van der Waals surface area contributed by atoms with E-state index in [4.69, 9.17) is 16.2 Å². The number of carbonyl (C=O) groups is 1. The van der Waals surface area contributed by atoms with Crippen LogP contribution in [0.5, 0.6) is 5.75 Å². The fourth-order valence-corrected chi connectivity index (χ4v) is 4.98. The van der Waals surface area contributed by atoms with E-state index in [1.807, 2.05) is 24.4 Å². The first kappa shape index (κ1) is 18.9. The van der Waals surface area contributed by atoms with Gasteiger partial charge in [-0.3, -0.25) is 4.79 Å². The number of rotatable bonds is 5.